The number of rotatable bonds is 0. The molecule has 0 saturated carbocycles. The Balaban J connectivity index is 2.02. The first-order valence-electron chi connectivity index (χ1n) is 6.98. The Morgan fingerprint density at radius 2 is 1.86 bits per heavy atom. The van der Waals surface area contributed by atoms with Crippen LogP contribution in [-0.2, 0) is 0 Å². The van der Waals surface area contributed by atoms with Crippen molar-refractivity contribution in [3.63, 3.8) is 0 Å². The molecule has 0 bridgehead atoms. The van der Waals surface area contributed by atoms with E-state index in [9.17, 15) is 0 Å². The zero-order chi connectivity index (χ0) is 14.4. The number of nitrogens with zero attached hydrogens (tertiary/aromatic N) is 1. The fourth-order valence-corrected chi connectivity index (χ4v) is 2.88. The molecular formula is C18H15N3. The minimum absolute atomic E-state index is 0.535. The molecule has 0 atom stereocenters. The highest BCUT2D eigenvalue weighted by Crippen LogP contribution is 2.37. The Kier molecular flexibility index (Phi) is 2.48. The second-order valence-corrected chi connectivity index (χ2v) is 5.28. The van der Waals surface area contributed by atoms with Gasteiger partial charge in [-0.25, -0.2) is 0 Å². The number of aromatic nitrogens is 1. The maximum Gasteiger partial charge on any atom is 0.118 e. The number of fused-ring (bicyclic) bond motifs is 3. The van der Waals surface area contributed by atoms with Gasteiger partial charge in [0.05, 0.1) is 17.1 Å². The molecule has 2 heterocycles. The van der Waals surface area contributed by atoms with E-state index in [4.69, 9.17) is 5.41 Å². The van der Waals surface area contributed by atoms with Gasteiger partial charge in [0.1, 0.15) is 5.82 Å². The normalized spacial score (nSPS) is 19.2. The molecule has 2 aliphatic rings. The first-order chi connectivity index (χ1) is 10.3. The number of hydrogen-bond donors (Lipinski definition) is 2. The number of hydrogen-bond acceptors (Lipinski definition) is 2. The Morgan fingerprint density at radius 1 is 1.05 bits per heavy atom. The van der Waals surface area contributed by atoms with Crippen LogP contribution in [-0.4, -0.2) is 10.3 Å². The van der Waals surface area contributed by atoms with E-state index in [1.54, 1.807) is 0 Å². The second kappa shape index (κ2) is 4.35. The van der Waals surface area contributed by atoms with Crippen molar-refractivity contribution < 1.29 is 0 Å². The average Bonchev–Trinajstić information content (AvgIpc) is 2.89. The molecule has 21 heavy (non-hydrogen) atoms. The summed E-state index contributed by atoms with van der Waals surface area (Å²) < 4.78 is 2.17. The summed E-state index contributed by atoms with van der Waals surface area (Å²) in [4.78, 5) is 0. The molecule has 2 N–H and O–H groups in total. The molecule has 0 spiro atoms. The molecule has 0 saturated heterocycles. The molecule has 1 aromatic heterocycles. The predicted octanol–water partition coefficient (Wildman–Crippen LogP) is 4.07. The molecule has 0 unspecified atom stereocenters. The fourth-order valence-electron chi connectivity index (χ4n) is 2.88. The van der Waals surface area contributed by atoms with Crippen LogP contribution in [0, 0.1) is 12.3 Å². The van der Waals surface area contributed by atoms with E-state index in [1.165, 1.54) is 5.56 Å². The molecule has 1 aliphatic carbocycles. The first-order valence-corrected chi connectivity index (χ1v) is 6.98. The zero-order valence-corrected chi connectivity index (χ0v) is 11.7. The van der Waals surface area contributed by atoms with Crippen LogP contribution < -0.4 is 5.32 Å². The lowest BCUT2D eigenvalue weighted by atomic mass is 9.96. The predicted molar refractivity (Wildman–Crippen MR) is 87.1 cm³/mol. The van der Waals surface area contributed by atoms with E-state index in [-0.39, 0.29) is 0 Å². The van der Waals surface area contributed by atoms with Crippen molar-refractivity contribution in [2.24, 2.45) is 0 Å². The van der Waals surface area contributed by atoms with Gasteiger partial charge in [0.2, 0.25) is 0 Å². The van der Waals surface area contributed by atoms with Gasteiger partial charge in [-0.3, -0.25) is 0 Å². The minimum atomic E-state index is 0.535. The van der Waals surface area contributed by atoms with Crippen molar-refractivity contribution >= 4 is 17.2 Å². The van der Waals surface area contributed by atoms with E-state index in [1.807, 2.05) is 36.4 Å². The van der Waals surface area contributed by atoms with Gasteiger partial charge in [-0.15, -0.1) is 0 Å². The van der Waals surface area contributed by atoms with Crippen molar-refractivity contribution in [1.29, 1.82) is 5.41 Å². The standard InChI is InChI=1S/C18H15N3/c1-12-10-11-21-16-9-5-3-7-14(16)17(20-18(12)21)13-6-2-4-8-15(13)19/h2-11,19-20H,1H3/b17-13-,19-15?. The minimum Gasteiger partial charge on any atom is -0.340 e. The highest BCUT2D eigenvalue weighted by Gasteiger charge is 2.23. The molecule has 4 rings (SSSR count). The fraction of sp³-hybridized carbons (Fsp3) is 0.0556. The summed E-state index contributed by atoms with van der Waals surface area (Å²) in [6.45, 7) is 2.09. The Bertz CT molecular complexity index is 847. The van der Waals surface area contributed by atoms with Crippen LogP contribution in [0.3, 0.4) is 0 Å². The van der Waals surface area contributed by atoms with E-state index < -0.39 is 0 Å². The summed E-state index contributed by atoms with van der Waals surface area (Å²) in [6, 6.07) is 10.4. The lowest BCUT2D eigenvalue weighted by Gasteiger charge is -2.26. The number of aryl methyl sites for hydroxylation is 1. The van der Waals surface area contributed by atoms with Gasteiger partial charge in [-0.1, -0.05) is 36.4 Å². The van der Waals surface area contributed by atoms with Crippen LogP contribution in [0.5, 0.6) is 0 Å². The largest absolute Gasteiger partial charge is 0.340 e. The quantitative estimate of drug-likeness (QED) is 0.746. The second-order valence-electron chi connectivity index (χ2n) is 5.28. The van der Waals surface area contributed by atoms with Gasteiger partial charge < -0.3 is 15.3 Å². The van der Waals surface area contributed by atoms with Crippen molar-refractivity contribution in [1.82, 2.24) is 4.57 Å². The van der Waals surface area contributed by atoms with Crippen LogP contribution in [0.1, 0.15) is 11.1 Å². The Labute approximate surface area is 123 Å². The molecular weight excluding hydrogens is 258 g/mol. The number of para-hydroxylation sites is 1. The monoisotopic (exact) mass is 273 g/mol. The lowest BCUT2D eigenvalue weighted by Crippen LogP contribution is -2.17. The van der Waals surface area contributed by atoms with Gasteiger partial charge in [0.25, 0.3) is 0 Å². The van der Waals surface area contributed by atoms with Crippen molar-refractivity contribution in [3.8, 4) is 5.69 Å². The van der Waals surface area contributed by atoms with Crippen LogP contribution in [0.2, 0.25) is 0 Å². The first kappa shape index (κ1) is 12.0. The SMILES string of the molecule is Cc1ccn2c1N/C(=C1/C=CC=CC1=N)c1ccccc1-2. The van der Waals surface area contributed by atoms with Gasteiger partial charge in [0, 0.05) is 17.3 Å². The van der Waals surface area contributed by atoms with Gasteiger partial charge >= 0.3 is 0 Å². The van der Waals surface area contributed by atoms with Gasteiger partial charge in [-0.05, 0) is 30.7 Å². The Hall–Kier alpha value is -2.81. The summed E-state index contributed by atoms with van der Waals surface area (Å²) in [5.74, 6) is 1.08. The Morgan fingerprint density at radius 3 is 2.71 bits per heavy atom. The van der Waals surface area contributed by atoms with Crippen LogP contribution >= 0.6 is 0 Å². The highest BCUT2D eigenvalue weighted by molar-refractivity contribution is 6.16. The third-order valence-electron chi connectivity index (χ3n) is 3.96. The number of anilines is 1. The van der Waals surface area contributed by atoms with Gasteiger partial charge in [-0.2, -0.15) is 0 Å². The van der Waals surface area contributed by atoms with Crippen LogP contribution in [0.15, 0.2) is 66.4 Å². The van der Waals surface area contributed by atoms with Crippen molar-refractivity contribution in [2.75, 3.05) is 5.32 Å². The van der Waals surface area contributed by atoms with Crippen molar-refractivity contribution in [3.05, 3.63) is 77.5 Å². The molecule has 1 aromatic carbocycles. The van der Waals surface area contributed by atoms with Gasteiger partial charge in [0.15, 0.2) is 0 Å². The molecule has 1 aliphatic heterocycles. The summed E-state index contributed by atoms with van der Waals surface area (Å²) in [5.41, 5.74) is 5.94. The average molecular weight is 273 g/mol. The third-order valence-corrected chi connectivity index (χ3v) is 3.96. The molecule has 3 heteroatoms. The maximum absolute atomic E-state index is 8.18. The molecule has 0 radical (unpaired) electrons. The number of nitrogens with one attached hydrogen (secondary N) is 2. The van der Waals surface area contributed by atoms with E-state index in [2.05, 4.69) is 41.2 Å². The summed E-state index contributed by atoms with van der Waals surface area (Å²) in [7, 11) is 0. The molecule has 2 aromatic rings. The van der Waals surface area contributed by atoms with E-state index in [0.717, 1.165) is 28.3 Å². The lowest BCUT2D eigenvalue weighted by molar-refractivity contribution is 1.05. The van der Waals surface area contributed by atoms with E-state index in [0.29, 0.717) is 5.71 Å². The molecule has 0 fully saturated rings. The molecule has 0 amide bonds. The summed E-state index contributed by atoms with van der Waals surface area (Å²) >= 11 is 0. The smallest absolute Gasteiger partial charge is 0.118 e. The van der Waals surface area contributed by atoms with E-state index >= 15 is 0 Å². The number of benzene rings is 1. The highest BCUT2D eigenvalue weighted by atomic mass is 15.1. The molecule has 3 nitrogen and oxygen atoms in total. The maximum atomic E-state index is 8.18. The van der Waals surface area contributed by atoms with Crippen molar-refractivity contribution in [2.45, 2.75) is 6.92 Å². The summed E-state index contributed by atoms with van der Waals surface area (Å²) in [6.07, 6.45) is 9.78. The zero-order valence-electron chi connectivity index (χ0n) is 11.7. The van der Waals surface area contributed by atoms with Crippen LogP contribution in [0.25, 0.3) is 11.4 Å². The van der Waals surface area contributed by atoms with Crippen LogP contribution in [0.4, 0.5) is 5.82 Å². The molecule has 102 valence electrons. The number of allylic oxidation sites excluding steroid dienone is 5. The summed E-state index contributed by atoms with van der Waals surface area (Å²) in [5, 5.41) is 11.7. The third kappa shape index (κ3) is 1.71. The topological polar surface area (TPSA) is 40.8 Å².